The molecule has 0 unspecified atom stereocenters. The zero-order valence-corrected chi connectivity index (χ0v) is 13.4. The third-order valence-corrected chi connectivity index (χ3v) is 3.47. The molecule has 0 N–H and O–H groups in total. The fourth-order valence-corrected chi connectivity index (χ4v) is 2.27. The SMILES string of the molecule is C=CCCCCCc1cnc(-c2ccc(N=C=S)cc2)nc1. The number of aliphatic imine (C=N–C) groups is 1. The summed E-state index contributed by atoms with van der Waals surface area (Å²) in [5.41, 5.74) is 2.94. The Kier molecular flexibility index (Phi) is 6.62. The van der Waals surface area contributed by atoms with Crippen LogP contribution in [0.2, 0.25) is 0 Å². The van der Waals surface area contributed by atoms with Crippen LogP contribution >= 0.6 is 12.2 Å². The molecule has 1 aromatic heterocycles. The van der Waals surface area contributed by atoms with Gasteiger partial charge < -0.3 is 0 Å². The minimum Gasteiger partial charge on any atom is -0.236 e. The Balaban J connectivity index is 1.93. The normalized spacial score (nSPS) is 10.0. The Morgan fingerprint density at radius 2 is 1.82 bits per heavy atom. The second-order valence-corrected chi connectivity index (χ2v) is 5.24. The molecule has 4 heteroatoms. The maximum absolute atomic E-state index is 4.59. The lowest BCUT2D eigenvalue weighted by molar-refractivity contribution is 0.685. The average Bonchev–Trinajstić information content (AvgIpc) is 2.56. The second kappa shape index (κ2) is 8.98. The van der Waals surface area contributed by atoms with Crippen molar-refractivity contribution in [3.8, 4) is 11.4 Å². The number of nitrogens with zero attached hydrogens (tertiary/aromatic N) is 3. The number of allylic oxidation sites excluding steroid dienone is 1. The van der Waals surface area contributed by atoms with Crippen LogP contribution in [0, 0.1) is 0 Å². The van der Waals surface area contributed by atoms with Gasteiger partial charge in [0.15, 0.2) is 5.82 Å². The summed E-state index contributed by atoms with van der Waals surface area (Å²) >= 11 is 4.59. The van der Waals surface area contributed by atoms with E-state index in [0.717, 1.165) is 29.9 Å². The molecule has 1 aromatic carbocycles. The predicted octanol–water partition coefficient (Wildman–Crippen LogP) is 5.17. The van der Waals surface area contributed by atoms with Gasteiger partial charge in [-0.1, -0.05) is 12.5 Å². The van der Waals surface area contributed by atoms with Gasteiger partial charge in [-0.15, -0.1) is 6.58 Å². The molecule has 0 aliphatic carbocycles. The number of rotatable bonds is 8. The highest BCUT2D eigenvalue weighted by Gasteiger charge is 2.02. The summed E-state index contributed by atoms with van der Waals surface area (Å²) in [5.74, 6) is 0.730. The van der Waals surface area contributed by atoms with E-state index in [4.69, 9.17) is 0 Å². The van der Waals surface area contributed by atoms with E-state index >= 15 is 0 Å². The lowest BCUT2D eigenvalue weighted by Gasteiger charge is -2.03. The van der Waals surface area contributed by atoms with E-state index in [1.54, 1.807) is 0 Å². The van der Waals surface area contributed by atoms with Crippen molar-refractivity contribution in [3.63, 3.8) is 0 Å². The van der Waals surface area contributed by atoms with E-state index in [9.17, 15) is 0 Å². The Hall–Kier alpha value is -2.16. The van der Waals surface area contributed by atoms with Gasteiger partial charge in [-0.2, -0.15) is 4.99 Å². The van der Waals surface area contributed by atoms with Gasteiger partial charge in [-0.05, 0) is 67.7 Å². The maximum Gasteiger partial charge on any atom is 0.159 e. The number of unbranched alkanes of at least 4 members (excludes halogenated alkanes) is 3. The highest BCUT2D eigenvalue weighted by Crippen LogP contribution is 2.19. The van der Waals surface area contributed by atoms with Crippen LogP contribution in [-0.2, 0) is 6.42 Å². The molecule has 0 spiro atoms. The van der Waals surface area contributed by atoms with Crippen LogP contribution in [0.3, 0.4) is 0 Å². The minimum atomic E-state index is 0.730. The highest BCUT2D eigenvalue weighted by atomic mass is 32.1. The van der Waals surface area contributed by atoms with Gasteiger partial charge in [-0.25, -0.2) is 9.97 Å². The minimum absolute atomic E-state index is 0.730. The van der Waals surface area contributed by atoms with Crippen molar-refractivity contribution < 1.29 is 0 Å². The van der Waals surface area contributed by atoms with E-state index in [-0.39, 0.29) is 0 Å². The zero-order valence-electron chi connectivity index (χ0n) is 12.5. The number of hydrogen-bond acceptors (Lipinski definition) is 4. The molecule has 2 aromatic rings. The number of isothiocyanates is 1. The number of thiocarbonyl (C=S) groups is 1. The molecule has 112 valence electrons. The lowest BCUT2D eigenvalue weighted by atomic mass is 10.1. The molecule has 0 bridgehead atoms. The molecule has 0 aliphatic heterocycles. The Labute approximate surface area is 136 Å². The highest BCUT2D eigenvalue weighted by molar-refractivity contribution is 7.78. The molecule has 0 radical (unpaired) electrons. The van der Waals surface area contributed by atoms with E-state index in [0.29, 0.717) is 0 Å². The molecule has 0 aliphatic rings. The first-order valence-corrected chi connectivity index (χ1v) is 7.84. The number of aromatic nitrogens is 2. The van der Waals surface area contributed by atoms with Gasteiger partial charge in [0, 0.05) is 18.0 Å². The van der Waals surface area contributed by atoms with Crippen molar-refractivity contribution in [2.24, 2.45) is 4.99 Å². The van der Waals surface area contributed by atoms with Gasteiger partial charge in [0.05, 0.1) is 10.8 Å². The van der Waals surface area contributed by atoms with Crippen molar-refractivity contribution in [1.82, 2.24) is 9.97 Å². The summed E-state index contributed by atoms with van der Waals surface area (Å²) in [6.45, 7) is 3.74. The molecule has 2 rings (SSSR count). The van der Waals surface area contributed by atoms with E-state index in [1.165, 1.54) is 24.8 Å². The van der Waals surface area contributed by atoms with Crippen molar-refractivity contribution in [2.45, 2.75) is 32.1 Å². The maximum atomic E-state index is 4.59. The average molecular weight is 309 g/mol. The monoisotopic (exact) mass is 309 g/mol. The summed E-state index contributed by atoms with van der Waals surface area (Å²) in [5, 5.41) is 2.35. The summed E-state index contributed by atoms with van der Waals surface area (Å²) in [4.78, 5) is 12.8. The lowest BCUT2D eigenvalue weighted by Crippen LogP contribution is -1.93. The molecule has 0 atom stereocenters. The smallest absolute Gasteiger partial charge is 0.159 e. The molecule has 0 amide bonds. The van der Waals surface area contributed by atoms with Crippen LogP contribution < -0.4 is 0 Å². The van der Waals surface area contributed by atoms with Gasteiger partial charge >= 0.3 is 0 Å². The first kappa shape index (κ1) is 16.2. The summed E-state index contributed by atoms with van der Waals surface area (Å²) in [7, 11) is 0. The Morgan fingerprint density at radius 1 is 1.09 bits per heavy atom. The van der Waals surface area contributed by atoms with Crippen LogP contribution in [-0.4, -0.2) is 15.1 Å². The van der Waals surface area contributed by atoms with Crippen molar-refractivity contribution in [1.29, 1.82) is 0 Å². The fraction of sp³-hybridized carbons (Fsp3) is 0.278. The van der Waals surface area contributed by atoms with Gasteiger partial charge in [0.2, 0.25) is 0 Å². The van der Waals surface area contributed by atoms with Crippen LogP contribution in [0.4, 0.5) is 5.69 Å². The molecule has 3 nitrogen and oxygen atoms in total. The molecule has 22 heavy (non-hydrogen) atoms. The first-order chi connectivity index (χ1) is 10.8. The van der Waals surface area contributed by atoms with Crippen LogP contribution in [0.1, 0.15) is 31.2 Å². The molecule has 1 heterocycles. The molecular formula is C18H19N3S. The van der Waals surface area contributed by atoms with Gasteiger partial charge in [0.1, 0.15) is 0 Å². The van der Waals surface area contributed by atoms with E-state index in [1.807, 2.05) is 42.7 Å². The summed E-state index contributed by atoms with van der Waals surface area (Å²) in [6, 6.07) is 7.64. The zero-order chi connectivity index (χ0) is 15.6. The number of benzene rings is 1. The van der Waals surface area contributed by atoms with Crippen LogP contribution in [0.15, 0.2) is 54.3 Å². The number of aryl methyl sites for hydroxylation is 1. The van der Waals surface area contributed by atoms with Crippen LogP contribution in [0.5, 0.6) is 0 Å². The molecule has 0 saturated heterocycles. The van der Waals surface area contributed by atoms with E-state index < -0.39 is 0 Å². The Morgan fingerprint density at radius 3 is 2.45 bits per heavy atom. The largest absolute Gasteiger partial charge is 0.236 e. The third-order valence-electron chi connectivity index (χ3n) is 3.38. The third kappa shape index (κ3) is 4.99. The summed E-state index contributed by atoms with van der Waals surface area (Å²) in [6.07, 6.45) is 11.5. The fourth-order valence-electron chi connectivity index (χ4n) is 2.17. The quantitative estimate of drug-likeness (QED) is 0.292. The molecular weight excluding hydrogens is 290 g/mol. The number of hydrogen-bond donors (Lipinski definition) is 0. The van der Waals surface area contributed by atoms with Crippen molar-refractivity contribution in [3.05, 3.63) is 54.9 Å². The standard InChI is InChI=1S/C18H19N3S/c1-2-3-4-5-6-7-15-12-19-18(20-13-15)16-8-10-17(11-9-16)21-14-22/h2,8-13H,1,3-7H2. The van der Waals surface area contributed by atoms with E-state index in [2.05, 4.69) is 38.9 Å². The van der Waals surface area contributed by atoms with Gasteiger partial charge in [-0.3, -0.25) is 0 Å². The topological polar surface area (TPSA) is 38.1 Å². The molecule has 0 saturated carbocycles. The van der Waals surface area contributed by atoms with Crippen molar-refractivity contribution in [2.75, 3.05) is 0 Å². The van der Waals surface area contributed by atoms with Gasteiger partial charge in [0.25, 0.3) is 0 Å². The Bertz CT molecular complexity index is 641. The molecule has 0 fully saturated rings. The summed E-state index contributed by atoms with van der Waals surface area (Å²) < 4.78 is 0. The van der Waals surface area contributed by atoms with Crippen molar-refractivity contribution >= 4 is 23.1 Å². The second-order valence-electron chi connectivity index (χ2n) is 5.05. The van der Waals surface area contributed by atoms with Crippen LogP contribution in [0.25, 0.3) is 11.4 Å². The predicted molar refractivity (Wildman–Crippen MR) is 94.5 cm³/mol. The first-order valence-electron chi connectivity index (χ1n) is 7.43.